The number of benzene rings is 2. The molecule has 0 unspecified atom stereocenters. The minimum atomic E-state index is -0.392. The fourth-order valence-corrected chi connectivity index (χ4v) is 4.55. The predicted molar refractivity (Wildman–Crippen MR) is 115 cm³/mol. The molecule has 146 valence electrons. The van der Waals surface area contributed by atoms with Gasteiger partial charge in [0.25, 0.3) is 0 Å². The van der Waals surface area contributed by atoms with Gasteiger partial charge in [0.1, 0.15) is 5.82 Å². The number of carbonyl (C=O) groups is 1. The van der Waals surface area contributed by atoms with E-state index in [1.165, 1.54) is 29.2 Å². The molecule has 0 saturated carbocycles. The standard InChI is InChI=1S/C20H16FN5OS2/c1-12(18(27)23-16-10-4-9-15-13(16)6-5-11-22-15)28-20-26-25-19(29-20)24-17-8-3-2-7-14(17)21/h2-12H,1H3,(H,23,27)(H,24,25)/t12-/m0/s1. The van der Waals surface area contributed by atoms with Crippen molar-refractivity contribution in [3.8, 4) is 0 Å². The van der Waals surface area contributed by atoms with Gasteiger partial charge in [-0.1, -0.05) is 41.3 Å². The van der Waals surface area contributed by atoms with Crippen molar-refractivity contribution in [1.29, 1.82) is 0 Å². The lowest BCUT2D eigenvalue weighted by Crippen LogP contribution is -2.22. The highest BCUT2D eigenvalue weighted by Crippen LogP contribution is 2.31. The van der Waals surface area contributed by atoms with Gasteiger partial charge in [-0.2, -0.15) is 0 Å². The summed E-state index contributed by atoms with van der Waals surface area (Å²) in [5.41, 5.74) is 1.86. The van der Waals surface area contributed by atoms with Crippen molar-refractivity contribution in [2.75, 3.05) is 10.6 Å². The van der Waals surface area contributed by atoms with Crippen LogP contribution in [0.1, 0.15) is 6.92 Å². The van der Waals surface area contributed by atoms with E-state index in [1.807, 2.05) is 30.3 Å². The Balaban J connectivity index is 1.41. The molecule has 4 rings (SSSR count). The van der Waals surface area contributed by atoms with E-state index < -0.39 is 5.25 Å². The van der Waals surface area contributed by atoms with E-state index in [0.717, 1.165) is 10.9 Å². The zero-order valence-corrected chi connectivity index (χ0v) is 16.9. The zero-order chi connectivity index (χ0) is 20.2. The lowest BCUT2D eigenvalue weighted by Gasteiger charge is -2.12. The number of amides is 1. The van der Waals surface area contributed by atoms with Crippen LogP contribution in [-0.2, 0) is 4.79 Å². The summed E-state index contributed by atoms with van der Waals surface area (Å²) in [6.07, 6.45) is 1.72. The van der Waals surface area contributed by atoms with Crippen molar-refractivity contribution >= 4 is 56.4 Å². The minimum absolute atomic E-state index is 0.148. The molecule has 4 aromatic rings. The number of para-hydroxylation sites is 1. The van der Waals surface area contributed by atoms with Gasteiger partial charge < -0.3 is 10.6 Å². The van der Waals surface area contributed by atoms with Crippen molar-refractivity contribution in [3.05, 3.63) is 66.6 Å². The van der Waals surface area contributed by atoms with Crippen molar-refractivity contribution in [2.24, 2.45) is 0 Å². The largest absolute Gasteiger partial charge is 0.328 e. The second kappa shape index (κ2) is 8.54. The molecule has 2 aromatic heterocycles. The molecule has 0 spiro atoms. The van der Waals surface area contributed by atoms with E-state index in [0.29, 0.717) is 20.8 Å². The van der Waals surface area contributed by atoms with Gasteiger partial charge in [-0.05, 0) is 43.3 Å². The normalized spacial score (nSPS) is 11.9. The molecule has 1 amide bonds. The van der Waals surface area contributed by atoms with Crippen molar-refractivity contribution in [1.82, 2.24) is 15.2 Å². The number of hydrogen-bond donors (Lipinski definition) is 2. The Morgan fingerprint density at radius 1 is 1.07 bits per heavy atom. The highest BCUT2D eigenvalue weighted by atomic mass is 32.2. The molecule has 6 nitrogen and oxygen atoms in total. The summed E-state index contributed by atoms with van der Waals surface area (Å²) in [5, 5.41) is 14.9. The van der Waals surface area contributed by atoms with Gasteiger partial charge in [0.15, 0.2) is 4.34 Å². The van der Waals surface area contributed by atoms with Crippen LogP contribution in [-0.4, -0.2) is 26.3 Å². The molecule has 0 aliphatic rings. The van der Waals surface area contributed by atoms with Crippen LogP contribution < -0.4 is 10.6 Å². The average Bonchev–Trinajstić information content (AvgIpc) is 3.17. The number of hydrogen-bond acceptors (Lipinski definition) is 7. The number of carbonyl (C=O) groups excluding carboxylic acids is 1. The first-order chi connectivity index (χ1) is 14.1. The zero-order valence-electron chi connectivity index (χ0n) is 15.3. The lowest BCUT2D eigenvalue weighted by atomic mass is 10.2. The van der Waals surface area contributed by atoms with Crippen LogP contribution in [0.25, 0.3) is 10.9 Å². The highest BCUT2D eigenvalue weighted by molar-refractivity contribution is 8.02. The van der Waals surface area contributed by atoms with Crippen molar-refractivity contribution in [3.63, 3.8) is 0 Å². The third-order valence-electron chi connectivity index (χ3n) is 4.07. The number of fused-ring (bicyclic) bond motifs is 1. The first-order valence-corrected chi connectivity index (χ1v) is 10.5. The van der Waals surface area contributed by atoms with Gasteiger partial charge in [0.2, 0.25) is 11.0 Å². The second-order valence-electron chi connectivity index (χ2n) is 6.10. The average molecular weight is 426 g/mol. The molecule has 2 aromatic carbocycles. The summed E-state index contributed by atoms with van der Waals surface area (Å²) >= 11 is 2.56. The van der Waals surface area contributed by atoms with Crippen molar-refractivity contribution in [2.45, 2.75) is 16.5 Å². The Hall–Kier alpha value is -3.04. The molecule has 0 bridgehead atoms. The van der Waals surface area contributed by atoms with Gasteiger partial charge in [-0.25, -0.2) is 4.39 Å². The SMILES string of the molecule is C[C@H](Sc1nnc(Nc2ccccc2F)s1)C(=O)Nc1cccc2ncccc12. The quantitative estimate of drug-likeness (QED) is 0.419. The van der Waals surface area contributed by atoms with Crippen LogP contribution in [0.5, 0.6) is 0 Å². The summed E-state index contributed by atoms with van der Waals surface area (Å²) in [5.74, 6) is -0.514. The number of halogens is 1. The van der Waals surface area contributed by atoms with E-state index in [9.17, 15) is 9.18 Å². The maximum atomic E-state index is 13.7. The molecule has 2 N–H and O–H groups in total. The number of anilines is 3. The van der Waals surface area contributed by atoms with Crippen LogP contribution in [0, 0.1) is 5.82 Å². The van der Waals surface area contributed by atoms with Crippen molar-refractivity contribution < 1.29 is 9.18 Å². The van der Waals surface area contributed by atoms with Crippen LogP contribution in [0.2, 0.25) is 0 Å². The van der Waals surface area contributed by atoms with Gasteiger partial charge >= 0.3 is 0 Å². The fourth-order valence-electron chi connectivity index (χ4n) is 2.64. The highest BCUT2D eigenvalue weighted by Gasteiger charge is 2.18. The topological polar surface area (TPSA) is 79.8 Å². The monoisotopic (exact) mass is 425 g/mol. The Labute approximate surface area is 174 Å². The van der Waals surface area contributed by atoms with Crippen LogP contribution in [0.3, 0.4) is 0 Å². The maximum absolute atomic E-state index is 13.7. The molecular weight excluding hydrogens is 409 g/mol. The summed E-state index contributed by atoms with van der Waals surface area (Å²) in [4.78, 5) is 16.9. The van der Waals surface area contributed by atoms with E-state index in [2.05, 4.69) is 25.8 Å². The summed E-state index contributed by atoms with van der Waals surface area (Å²) in [6, 6.07) is 15.7. The Kier molecular flexibility index (Phi) is 5.68. The van der Waals surface area contributed by atoms with Gasteiger partial charge in [-0.3, -0.25) is 9.78 Å². The van der Waals surface area contributed by atoms with Gasteiger partial charge in [0, 0.05) is 11.6 Å². The predicted octanol–water partition coefficient (Wildman–Crippen LogP) is 5.09. The Morgan fingerprint density at radius 3 is 2.76 bits per heavy atom. The summed E-state index contributed by atoms with van der Waals surface area (Å²) < 4.78 is 14.4. The third kappa shape index (κ3) is 4.52. The maximum Gasteiger partial charge on any atom is 0.237 e. The van der Waals surface area contributed by atoms with Crippen LogP contribution in [0.15, 0.2) is 65.1 Å². The molecule has 0 aliphatic heterocycles. The molecule has 2 heterocycles. The number of rotatable bonds is 6. The Morgan fingerprint density at radius 2 is 1.90 bits per heavy atom. The summed E-state index contributed by atoms with van der Waals surface area (Å²) in [6.45, 7) is 1.80. The molecule has 0 fully saturated rings. The fraction of sp³-hybridized carbons (Fsp3) is 0.100. The number of thioether (sulfide) groups is 1. The summed E-state index contributed by atoms with van der Waals surface area (Å²) in [7, 11) is 0. The Bertz CT molecular complexity index is 1160. The van der Waals surface area contributed by atoms with E-state index in [4.69, 9.17) is 0 Å². The smallest absolute Gasteiger partial charge is 0.237 e. The number of nitrogens with one attached hydrogen (secondary N) is 2. The van der Waals surface area contributed by atoms with E-state index in [-0.39, 0.29) is 11.7 Å². The number of nitrogens with zero attached hydrogens (tertiary/aromatic N) is 3. The van der Waals surface area contributed by atoms with Crippen LogP contribution >= 0.6 is 23.1 Å². The number of aromatic nitrogens is 3. The minimum Gasteiger partial charge on any atom is -0.328 e. The molecule has 1 atom stereocenters. The first kappa shape index (κ1) is 19.3. The lowest BCUT2D eigenvalue weighted by molar-refractivity contribution is -0.115. The molecule has 9 heteroatoms. The molecule has 0 aliphatic carbocycles. The van der Waals surface area contributed by atoms with Gasteiger partial charge in [0.05, 0.1) is 22.1 Å². The molecule has 0 radical (unpaired) electrons. The second-order valence-corrected chi connectivity index (χ2v) is 8.67. The molecule has 29 heavy (non-hydrogen) atoms. The third-order valence-corrected chi connectivity index (χ3v) is 6.10. The molecule has 0 saturated heterocycles. The molecular formula is C20H16FN5OS2. The van der Waals surface area contributed by atoms with Gasteiger partial charge in [-0.15, -0.1) is 10.2 Å². The van der Waals surface area contributed by atoms with E-state index in [1.54, 1.807) is 31.3 Å². The number of pyridine rings is 1. The van der Waals surface area contributed by atoms with Crippen LogP contribution in [0.4, 0.5) is 20.9 Å². The first-order valence-electron chi connectivity index (χ1n) is 8.76. The van der Waals surface area contributed by atoms with E-state index >= 15 is 0 Å².